The topological polar surface area (TPSA) is 61.8 Å². The van der Waals surface area contributed by atoms with Gasteiger partial charge >= 0.3 is 68.1 Å². The largest absolute Gasteiger partial charge is 0.657 e. The number of rotatable bonds is 10. The molecule has 41 heavy (non-hydrogen) atoms. The molecule has 0 aliphatic heterocycles. The minimum absolute atomic E-state index is 1.35. The minimum atomic E-state index is -11.0. The standard InChI is InChI=1S/C10F24O5SSi/c11-1(12,3(15,16)17)2(13,14)10(33,34)40(35,36)41(37-7(27,28)4(18,19)20,38-8(29,30)5(21,22)23)39-9(31,32)6(24,25)26. The van der Waals surface area contributed by atoms with Crippen molar-refractivity contribution < 1.29 is 127 Å². The van der Waals surface area contributed by atoms with Crippen LogP contribution in [0.4, 0.5) is 105 Å². The summed E-state index contributed by atoms with van der Waals surface area (Å²) in [5.41, 5.74) is 0. The SMILES string of the molecule is O=S(=O)(C(F)(F)C(F)(F)C(F)(F)C(F)(F)F)[Si](OC(F)(F)C(F)(F)F)(OC(F)(F)C(F)(F)F)OC(F)(F)C(F)(F)F. The third-order valence-electron chi connectivity index (χ3n) is 3.53. The molecule has 0 aliphatic carbocycles. The molecular weight excluding hydrogens is 716 g/mol. The molecule has 248 valence electrons. The van der Waals surface area contributed by atoms with Crippen molar-refractivity contribution in [2.75, 3.05) is 0 Å². The van der Waals surface area contributed by atoms with Gasteiger partial charge in [0.1, 0.15) is 0 Å². The van der Waals surface area contributed by atoms with Crippen LogP contribution in [0.5, 0.6) is 0 Å². The van der Waals surface area contributed by atoms with E-state index < -0.39 is 77.4 Å². The van der Waals surface area contributed by atoms with Gasteiger partial charge in [-0.2, -0.15) is 105 Å². The Labute approximate surface area is 205 Å². The highest BCUT2D eigenvalue weighted by molar-refractivity contribution is 8.20. The second-order valence-electron chi connectivity index (χ2n) is 6.52. The first-order chi connectivity index (χ1) is 17.1. The van der Waals surface area contributed by atoms with E-state index >= 15 is 0 Å². The quantitative estimate of drug-likeness (QED) is 0.185. The van der Waals surface area contributed by atoms with Crippen LogP contribution in [0.1, 0.15) is 0 Å². The highest BCUT2D eigenvalue weighted by Gasteiger charge is 2.92. The molecule has 0 aliphatic rings. The van der Waals surface area contributed by atoms with E-state index in [4.69, 9.17) is 0 Å². The fourth-order valence-electron chi connectivity index (χ4n) is 1.56. The normalized spacial score (nSPS) is 16.8. The van der Waals surface area contributed by atoms with Gasteiger partial charge in [-0.1, -0.05) is 0 Å². The number of alkyl halides is 24. The van der Waals surface area contributed by atoms with E-state index in [-0.39, 0.29) is 0 Å². The molecule has 0 rings (SSSR count). The Morgan fingerprint density at radius 3 is 0.756 bits per heavy atom. The number of hydrogen-bond donors (Lipinski definition) is 0. The summed E-state index contributed by atoms with van der Waals surface area (Å²) in [6.07, 6.45) is -57.2. The van der Waals surface area contributed by atoms with E-state index in [9.17, 15) is 114 Å². The summed E-state index contributed by atoms with van der Waals surface area (Å²) in [5.74, 6) is -17.8. The molecular formula is C10F24O5SSi. The maximum atomic E-state index is 14.0. The molecule has 0 heterocycles. The molecule has 0 saturated carbocycles. The minimum Gasteiger partial charge on any atom is -0.294 e. The van der Waals surface area contributed by atoms with E-state index in [1.54, 1.807) is 0 Å². The van der Waals surface area contributed by atoms with Gasteiger partial charge in [0.25, 0.3) is 9.29 Å². The average molecular weight is 716 g/mol. The number of hydrogen-bond acceptors (Lipinski definition) is 5. The Balaban J connectivity index is 8.28. The zero-order valence-electron chi connectivity index (χ0n) is 17.0. The maximum absolute atomic E-state index is 14.0. The maximum Gasteiger partial charge on any atom is 0.657 e. The monoisotopic (exact) mass is 716 g/mol. The Morgan fingerprint density at radius 1 is 0.366 bits per heavy atom. The van der Waals surface area contributed by atoms with Crippen LogP contribution in [-0.2, 0) is 22.6 Å². The van der Waals surface area contributed by atoms with Crippen LogP contribution in [0.25, 0.3) is 0 Å². The van der Waals surface area contributed by atoms with Gasteiger partial charge in [-0.15, -0.1) is 0 Å². The zero-order valence-corrected chi connectivity index (χ0v) is 18.8. The van der Waals surface area contributed by atoms with Crippen LogP contribution < -0.4 is 0 Å². The fourth-order valence-corrected chi connectivity index (χ4v) is 7.34. The molecule has 31 heteroatoms. The Kier molecular flexibility index (Phi) is 9.56. The van der Waals surface area contributed by atoms with Gasteiger partial charge in [-0.3, -0.25) is 13.3 Å². The second-order valence-corrected chi connectivity index (χ2v) is 12.8. The van der Waals surface area contributed by atoms with Gasteiger partial charge in [0.2, 0.25) is 0 Å². The van der Waals surface area contributed by atoms with Gasteiger partial charge in [0.15, 0.2) is 0 Å². The molecule has 0 bridgehead atoms. The summed E-state index contributed by atoms with van der Waals surface area (Å²) in [6, 6.07) is 0. The average Bonchev–Trinajstić information content (AvgIpc) is 2.62. The second kappa shape index (κ2) is 9.95. The molecule has 0 spiro atoms. The molecule has 0 saturated heterocycles. The highest BCUT2D eigenvalue weighted by atomic mass is 32.4. The van der Waals surface area contributed by atoms with Gasteiger partial charge in [-0.25, -0.2) is 8.42 Å². The predicted molar refractivity (Wildman–Crippen MR) is 71.8 cm³/mol. The van der Waals surface area contributed by atoms with E-state index in [0.717, 1.165) is 0 Å². The summed E-state index contributed by atoms with van der Waals surface area (Å²) in [5, 5.41) is -9.20. The highest BCUT2D eigenvalue weighted by Crippen LogP contribution is 2.58. The van der Waals surface area contributed by atoms with Crippen molar-refractivity contribution in [3.8, 4) is 0 Å². The Bertz CT molecular complexity index is 979. The summed E-state index contributed by atoms with van der Waals surface area (Å²) in [6.45, 7) is 0. The molecule has 0 radical (unpaired) electrons. The summed E-state index contributed by atoms with van der Waals surface area (Å²) in [4.78, 5) is 0. The first kappa shape index (κ1) is 39.4. The first-order valence-electron chi connectivity index (χ1n) is 8.00. The molecule has 0 unspecified atom stereocenters. The van der Waals surface area contributed by atoms with Crippen molar-refractivity contribution in [2.24, 2.45) is 0 Å². The molecule has 5 nitrogen and oxygen atoms in total. The van der Waals surface area contributed by atoms with E-state index in [2.05, 4.69) is 0 Å². The molecule has 0 aromatic heterocycles. The molecule has 0 aromatic rings. The van der Waals surface area contributed by atoms with Crippen LogP contribution in [0, 0.1) is 0 Å². The molecule has 0 aromatic carbocycles. The van der Waals surface area contributed by atoms with Crippen molar-refractivity contribution in [3.05, 3.63) is 0 Å². The van der Waals surface area contributed by atoms with Gasteiger partial charge in [0.05, 0.1) is 0 Å². The molecule has 0 atom stereocenters. The van der Waals surface area contributed by atoms with Crippen molar-refractivity contribution in [1.82, 2.24) is 0 Å². The third-order valence-corrected chi connectivity index (χ3v) is 10.1. The van der Waals surface area contributed by atoms with Gasteiger partial charge < -0.3 is 0 Å². The van der Waals surface area contributed by atoms with Crippen molar-refractivity contribution in [2.45, 2.75) is 60.1 Å². The van der Waals surface area contributed by atoms with Crippen molar-refractivity contribution in [3.63, 3.8) is 0 Å². The van der Waals surface area contributed by atoms with Crippen LogP contribution >= 0.6 is 0 Å². The van der Waals surface area contributed by atoms with Crippen LogP contribution in [0.3, 0.4) is 0 Å². The molecule has 0 fully saturated rings. The fraction of sp³-hybridized carbons (Fsp3) is 1.00. The van der Waals surface area contributed by atoms with Crippen LogP contribution in [-0.4, -0.2) is 76.5 Å². The van der Waals surface area contributed by atoms with E-state index in [1.165, 1.54) is 13.3 Å². The van der Waals surface area contributed by atoms with Crippen LogP contribution in [0.15, 0.2) is 0 Å². The first-order valence-corrected chi connectivity index (χ1v) is 11.9. The summed E-state index contributed by atoms with van der Waals surface area (Å²) < 4.78 is 336. The van der Waals surface area contributed by atoms with E-state index in [0.29, 0.717) is 0 Å². The zero-order chi connectivity index (χ0) is 34.1. The lowest BCUT2D eigenvalue weighted by Gasteiger charge is -2.40. The predicted octanol–water partition coefficient (Wildman–Crippen LogP) is 6.78. The third kappa shape index (κ3) is 6.50. The smallest absolute Gasteiger partial charge is 0.294 e. The van der Waals surface area contributed by atoms with Crippen molar-refractivity contribution in [1.29, 1.82) is 0 Å². The Morgan fingerprint density at radius 2 is 0.585 bits per heavy atom. The molecule has 0 amide bonds. The van der Waals surface area contributed by atoms with Gasteiger partial charge in [0, 0.05) is 0 Å². The summed E-state index contributed by atoms with van der Waals surface area (Å²) >= 11 is 0. The molecule has 0 N–H and O–H groups in total. The lowest BCUT2D eigenvalue weighted by Crippen LogP contribution is -2.74. The van der Waals surface area contributed by atoms with Gasteiger partial charge in [-0.05, 0) is 0 Å². The van der Waals surface area contributed by atoms with Crippen LogP contribution in [0.2, 0.25) is 0 Å². The lowest BCUT2D eigenvalue weighted by molar-refractivity contribution is -0.418. The van der Waals surface area contributed by atoms with Crippen molar-refractivity contribution >= 4 is 17.2 Å². The summed E-state index contributed by atoms with van der Waals surface area (Å²) in [7, 11) is -21.3. The number of halogens is 24. The van der Waals surface area contributed by atoms with E-state index in [1.807, 2.05) is 0 Å². The Hall–Kier alpha value is -1.63. The lowest BCUT2D eigenvalue weighted by atomic mass is 10.1.